The molecule has 0 heterocycles. The Labute approximate surface area is 118 Å². The van der Waals surface area contributed by atoms with Crippen LogP contribution in [0.5, 0.6) is 0 Å². The van der Waals surface area contributed by atoms with Crippen molar-refractivity contribution in [3.05, 3.63) is 34.9 Å². The molecule has 2 N–H and O–H groups in total. The molecule has 0 aliphatic rings. The standard InChI is InChI=1S/C15H20O5/c1-3-10-5-7-12(14(17)15(18)19)11(9-10)6-8-13(16)20-4-2/h5,7,9,14,17H,3-4,6,8H2,1-2H3,(H,18,19). The second kappa shape index (κ2) is 7.65. The monoisotopic (exact) mass is 280 g/mol. The van der Waals surface area contributed by atoms with Crippen molar-refractivity contribution < 1.29 is 24.5 Å². The van der Waals surface area contributed by atoms with Crippen LogP contribution in [-0.2, 0) is 27.2 Å². The van der Waals surface area contributed by atoms with Crippen LogP contribution >= 0.6 is 0 Å². The third-order valence-corrected chi connectivity index (χ3v) is 3.05. The van der Waals surface area contributed by atoms with Gasteiger partial charge in [0, 0.05) is 6.42 Å². The van der Waals surface area contributed by atoms with E-state index in [1.54, 1.807) is 19.1 Å². The zero-order valence-corrected chi connectivity index (χ0v) is 11.8. The highest BCUT2D eigenvalue weighted by Crippen LogP contribution is 2.22. The summed E-state index contributed by atoms with van der Waals surface area (Å²) in [6, 6.07) is 5.23. The average molecular weight is 280 g/mol. The molecule has 0 saturated heterocycles. The van der Waals surface area contributed by atoms with E-state index >= 15 is 0 Å². The molecule has 5 nitrogen and oxygen atoms in total. The molecule has 0 fully saturated rings. The maximum atomic E-state index is 11.4. The molecule has 1 atom stereocenters. The van der Waals surface area contributed by atoms with Gasteiger partial charge in [0.2, 0.25) is 0 Å². The number of aliphatic hydroxyl groups is 1. The molecule has 0 aromatic heterocycles. The SMILES string of the molecule is CCOC(=O)CCc1cc(CC)ccc1C(O)C(=O)O. The third-order valence-electron chi connectivity index (χ3n) is 3.05. The normalized spacial score (nSPS) is 11.9. The average Bonchev–Trinajstić information content (AvgIpc) is 2.44. The summed E-state index contributed by atoms with van der Waals surface area (Å²) >= 11 is 0. The summed E-state index contributed by atoms with van der Waals surface area (Å²) in [7, 11) is 0. The van der Waals surface area contributed by atoms with Crippen LogP contribution in [0.15, 0.2) is 18.2 Å². The van der Waals surface area contributed by atoms with Crippen molar-refractivity contribution in [1.82, 2.24) is 0 Å². The van der Waals surface area contributed by atoms with Gasteiger partial charge < -0.3 is 14.9 Å². The van der Waals surface area contributed by atoms with Crippen molar-refractivity contribution in [2.45, 2.75) is 39.2 Å². The Bertz CT molecular complexity index is 481. The molecule has 0 saturated carbocycles. The van der Waals surface area contributed by atoms with Crippen molar-refractivity contribution in [2.24, 2.45) is 0 Å². The van der Waals surface area contributed by atoms with Gasteiger partial charge in [-0.2, -0.15) is 0 Å². The highest BCUT2D eigenvalue weighted by atomic mass is 16.5. The van der Waals surface area contributed by atoms with Gasteiger partial charge in [0.05, 0.1) is 6.61 Å². The predicted molar refractivity (Wildman–Crippen MR) is 73.4 cm³/mol. The van der Waals surface area contributed by atoms with E-state index in [1.807, 2.05) is 13.0 Å². The Kier molecular flexibility index (Phi) is 6.18. The van der Waals surface area contributed by atoms with Crippen molar-refractivity contribution in [3.8, 4) is 0 Å². The second-order valence-corrected chi connectivity index (χ2v) is 4.43. The summed E-state index contributed by atoms with van der Waals surface area (Å²) in [6.45, 7) is 4.03. The van der Waals surface area contributed by atoms with Crippen LogP contribution in [0.3, 0.4) is 0 Å². The number of carboxylic acids is 1. The number of rotatable bonds is 7. The predicted octanol–water partition coefficient (Wildman–Crippen LogP) is 1.86. The fourth-order valence-corrected chi connectivity index (χ4v) is 1.97. The number of benzene rings is 1. The van der Waals surface area contributed by atoms with Crippen LogP contribution in [0, 0.1) is 0 Å². The number of carboxylic acid groups (broad SMARTS) is 1. The Balaban J connectivity index is 2.94. The smallest absolute Gasteiger partial charge is 0.337 e. The number of carbonyl (C=O) groups excluding carboxylic acids is 1. The molecule has 0 amide bonds. The van der Waals surface area contributed by atoms with Gasteiger partial charge in [-0.05, 0) is 36.5 Å². The molecule has 1 unspecified atom stereocenters. The Hall–Kier alpha value is -1.88. The lowest BCUT2D eigenvalue weighted by molar-refractivity contribution is -0.147. The van der Waals surface area contributed by atoms with Gasteiger partial charge in [-0.3, -0.25) is 4.79 Å². The number of esters is 1. The first-order valence-corrected chi connectivity index (χ1v) is 6.67. The summed E-state index contributed by atoms with van der Waals surface area (Å²) < 4.78 is 4.85. The molecule has 110 valence electrons. The Morgan fingerprint density at radius 3 is 2.55 bits per heavy atom. The van der Waals surface area contributed by atoms with E-state index in [1.165, 1.54) is 0 Å². The zero-order valence-electron chi connectivity index (χ0n) is 11.8. The van der Waals surface area contributed by atoms with E-state index in [-0.39, 0.29) is 12.4 Å². The summed E-state index contributed by atoms with van der Waals surface area (Å²) in [4.78, 5) is 22.3. The first kappa shape index (κ1) is 16.2. The van der Waals surface area contributed by atoms with Crippen molar-refractivity contribution in [3.63, 3.8) is 0 Å². The number of hydrogen-bond donors (Lipinski definition) is 2. The lowest BCUT2D eigenvalue weighted by Crippen LogP contribution is -2.14. The number of hydrogen-bond acceptors (Lipinski definition) is 4. The molecule has 1 aromatic rings. The highest BCUT2D eigenvalue weighted by molar-refractivity contribution is 5.75. The van der Waals surface area contributed by atoms with Gasteiger partial charge in [-0.25, -0.2) is 4.79 Å². The largest absolute Gasteiger partial charge is 0.479 e. The van der Waals surface area contributed by atoms with E-state index in [2.05, 4.69) is 0 Å². The van der Waals surface area contributed by atoms with Crippen LogP contribution < -0.4 is 0 Å². The number of aryl methyl sites for hydroxylation is 2. The molecule has 5 heteroatoms. The topological polar surface area (TPSA) is 83.8 Å². The minimum absolute atomic E-state index is 0.167. The first-order valence-electron chi connectivity index (χ1n) is 6.67. The molecular weight excluding hydrogens is 260 g/mol. The van der Waals surface area contributed by atoms with Gasteiger partial charge >= 0.3 is 11.9 Å². The minimum Gasteiger partial charge on any atom is -0.479 e. The maximum Gasteiger partial charge on any atom is 0.337 e. The molecule has 0 bridgehead atoms. The Morgan fingerprint density at radius 1 is 1.30 bits per heavy atom. The summed E-state index contributed by atoms with van der Waals surface area (Å²) in [5.74, 6) is -1.63. The van der Waals surface area contributed by atoms with Gasteiger partial charge in [0.15, 0.2) is 6.10 Å². The number of aliphatic hydroxyl groups excluding tert-OH is 1. The molecule has 1 aromatic carbocycles. The quantitative estimate of drug-likeness (QED) is 0.745. The molecule has 1 rings (SSSR count). The molecule has 0 radical (unpaired) electrons. The molecule has 20 heavy (non-hydrogen) atoms. The minimum atomic E-state index is -1.57. The van der Waals surface area contributed by atoms with E-state index in [0.717, 1.165) is 12.0 Å². The first-order chi connectivity index (χ1) is 9.49. The molecule has 0 aliphatic heterocycles. The van der Waals surface area contributed by atoms with Gasteiger partial charge in [-0.15, -0.1) is 0 Å². The van der Waals surface area contributed by atoms with Crippen LogP contribution in [0.1, 0.15) is 43.1 Å². The fraction of sp³-hybridized carbons (Fsp3) is 0.467. The van der Waals surface area contributed by atoms with Crippen LogP contribution in [0.25, 0.3) is 0 Å². The summed E-state index contributed by atoms with van der Waals surface area (Å²) in [5.41, 5.74) is 2.04. The zero-order chi connectivity index (χ0) is 15.1. The highest BCUT2D eigenvalue weighted by Gasteiger charge is 2.20. The summed E-state index contributed by atoms with van der Waals surface area (Å²) in [6.07, 6.45) is -0.249. The van der Waals surface area contributed by atoms with E-state index < -0.39 is 12.1 Å². The fourth-order valence-electron chi connectivity index (χ4n) is 1.97. The van der Waals surface area contributed by atoms with Crippen LogP contribution in [0.2, 0.25) is 0 Å². The Morgan fingerprint density at radius 2 is 2.00 bits per heavy atom. The van der Waals surface area contributed by atoms with Crippen LogP contribution in [0.4, 0.5) is 0 Å². The molecular formula is C15H20O5. The molecule has 0 spiro atoms. The van der Waals surface area contributed by atoms with Crippen LogP contribution in [-0.4, -0.2) is 28.8 Å². The van der Waals surface area contributed by atoms with Crippen molar-refractivity contribution in [1.29, 1.82) is 0 Å². The van der Waals surface area contributed by atoms with E-state index in [0.29, 0.717) is 24.2 Å². The van der Waals surface area contributed by atoms with Crippen molar-refractivity contribution in [2.75, 3.05) is 6.61 Å². The number of ether oxygens (including phenoxy) is 1. The third kappa shape index (κ3) is 4.35. The molecule has 0 aliphatic carbocycles. The van der Waals surface area contributed by atoms with Gasteiger partial charge in [0.25, 0.3) is 0 Å². The summed E-state index contributed by atoms with van der Waals surface area (Å²) in [5, 5.41) is 18.6. The van der Waals surface area contributed by atoms with Gasteiger partial charge in [-0.1, -0.05) is 25.1 Å². The number of carbonyl (C=O) groups is 2. The lowest BCUT2D eigenvalue weighted by Gasteiger charge is -2.13. The maximum absolute atomic E-state index is 11.4. The second-order valence-electron chi connectivity index (χ2n) is 4.43. The van der Waals surface area contributed by atoms with Crippen molar-refractivity contribution >= 4 is 11.9 Å². The van der Waals surface area contributed by atoms with E-state index in [4.69, 9.17) is 9.84 Å². The lowest BCUT2D eigenvalue weighted by atomic mass is 9.95. The van der Waals surface area contributed by atoms with E-state index in [9.17, 15) is 14.7 Å². The number of aliphatic carboxylic acids is 1. The van der Waals surface area contributed by atoms with Gasteiger partial charge in [0.1, 0.15) is 0 Å².